The molecule has 0 spiro atoms. The van der Waals surface area contributed by atoms with Crippen LogP contribution < -0.4 is 0 Å². The first-order valence-electron chi connectivity index (χ1n) is 6.77. The van der Waals surface area contributed by atoms with Gasteiger partial charge in [-0.1, -0.05) is 48.0 Å². The van der Waals surface area contributed by atoms with Gasteiger partial charge in [0.1, 0.15) is 0 Å². The summed E-state index contributed by atoms with van der Waals surface area (Å²) in [5.74, 6) is 1.74. The summed E-state index contributed by atoms with van der Waals surface area (Å²) in [7, 11) is 0. The molecular weight excluding hydrogens is 198 g/mol. The standard InChI is InChI=1S/C14H31NO/c1-7-13(6)14(16)10-15(8-11(2)3)9-12(4)5/h11-14,16H,7-10H2,1-6H3. The summed E-state index contributed by atoms with van der Waals surface area (Å²) in [6, 6.07) is 0. The van der Waals surface area contributed by atoms with Gasteiger partial charge in [0, 0.05) is 19.6 Å². The molecule has 16 heavy (non-hydrogen) atoms. The average Bonchev–Trinajstić information content (AvgIpc) is 2.14. The molecule has 0 aliphatic rings. The molecule has 0 rings (SSSR count). The fourth-order valence-corrected chi connectivity index (χ4v) is 1.97. The Balaban J connectivity index is 4.18. The molecule has 2 heteroatoms. The van der Waals surface area contributed by atoms with Crippen LogP contribution in [-0.2, 0) is 0 Å². The quantitative estimate of drug-likeness (QED) is 0.691. The van der Waals surface area contributed by atoms with Gasteiger partial charge in [0.05, 0.1) is 6.10 Å². The van der Waals surface area contributed by atoms with Crippen molar-refractivity contribution in [3.05, 3.63) is 0 Å². The van der Waals surface area contributed by atoms with Gasteiger partial charge in [-0.25, -0.2) is 0 Å². The summed E-state index contributed by atoms with van der Waals surface area (Å²) in [5.41, 5.74) is 0. The third-order valence-corrected chi connectivity index (χ3v) is 2.99. The number of nitrogens with zero attached hydrogens (tertiary/aromatic N) is 1. The molecular formula is C14H31NO. The molecule has 2 atom stereocenters. The molecule has 2 unspecified atom stereocenters. The van der Waals surface area contributed by atoms with Crippen molar-refractivity contribution >= 4 is 0 Å². The number of rotatable bonds is 8. The maximum atomic E-state index is 10.1. The van der Waals surface area contributed by atoms with Crippen LogP contribution in [-0.4, -0.2) is 35.7 Å². The first kappa shape index (κ1) is 15.9. The maximum Gasteiger partial charge on any atom is 0.0692 e. The fourth-order valence-electron chi connectivity index (χ4n) is 1.97. The van der Waals surface area contributed by atoms with Gasteiger partial charge in [-0.2, -0.15) is 0 Å². The lowest BCUT2D eigenvalue weighted by Gasteiger charge is -2.30. The van der Waals surface area contributed by atoms with Crippen LogP contribution >= 0.6 is 0 Å². The van der Waals surface area contributed by atoms with Crippen molar-refractivity contribution in [2.24, 2.45) is 17.8 Å². The monoisotopic (exact) mass is 229 g/mol. The molecule has 0 aromatic rings. The Morgan fingerprint density at radius 3 is 1.62 bits per heavy atom. The van der Waals surface area contributed by atoms with Gasteiger partial charge in [-0.05, 0) is 17.8 Å². The Morgan fingerprint density at radius 2 is 1.31 bits per heavy atom. The first-order valence-corrected chi connectivity index (χ1v) is 6.77. The second-order valence-corrected chi connectivity index (χ2v) is 5.96. The Hall–Kier alpha value is -0.0800. The number of aliphatic hydroxyl groups is 1. The van der Waals surface area contributed by atoms with Crippen molar-refractivity contribution in [1.29, 1.82) is 0 Å². The van der Waals surface area contributed by atoms with E-state index >= 15 is 0 Å². The zero-order chi connectivity index (χ0) is 12.7. The highest BCUT2D eigenvalue weighted by Crippen LogP contribution is 2.11. The van der Waals surface area contributed by atoms with Gasteiger partial charge in [0.25, 0.3) is 0 Å². The lowest BCUT2D eigenvalue weighted by atomic mass is 10.0. The SMILES string of the molecule is CCC(C)C(O)CN(CC(C)C)CC(C)C. The smallest absolute Gasteiger partial charge is 0.0692 e. The second-order valence-electron chi connectivity index (χ2n) is 5.96. The van der Waals surface area contributed by atoms with Crippen LogP contribution in [0.15, 0.2) is 0 Å². The van der Waals surface area contributed by atoms with Crippen LogP contribution in [0, 0.1) is 17.8 Å². The molecule has 0 aromatic heterocycles. The highest BCUT2D eigenvalue weighted by Gasteiger charge is 2.18. The van der Waals surface area contributed by atoms with Crippen LogP contribution in [0.1, 0.15) is 48.0 Å². The number of aliphatic hydroxyl groups excluding tert-OH is 1. The van der Waals surface area contributed by atoms with Gasteiger partial charge in [0.2, 0.25) is 0 Å². The molecule has 0 amide bonds. The molecule has 0 aliphatic carbocycles. The van der Waals surface area contributed by atoms with Gasteiger partial charge >= 0.3 is 0 Å². The molecule has 0 radical (unpaired) electrons. The minimum atomic E-state index is -0.178. The highest BCUT2D eigenvalue weighted by atomic mass is 16.3. The van der Waals surface area contributed by atoms with Crippen molar-refractivity contribution in [2.75, 3.05) is 19.6 Å². The van der Waals surface area contributed by atoms with E-state index in [1.807, 2.05) is 0 Å². The summed E-state index contributed by atoms with van der Waals surface area (Å²) in [6.07, 6.45) is 0.876. The fraction of sp³-hybridized carbons (Fsp3) is 1.00. The minimum Gasteiger partial charge on any atom is -0.392 e. The largest absolute Gasteiger partial charge is 0.392 e. The third kappa shape index (κ3) is 7.24. The number of hydrogen-bond donors (Lipinski definition) is 1. The van der Waals surface area contributed by atoms with Crippen molar-refractivity contribution in [3.8, 4) is 0 Å². The molecule has 98 valence electrons. The van der Waals surface area contributed by atoms with Gasteiger partial charge < -0.3 is 10.0 Å². The van der Waals surface area contributed by atoms with Crippen molar-refractivity contribution in [3.63, 3.8) is 0 Å². The normalized spacial score (nSPS) is 16.1. The Kier molecular flexibility index (Phi) is 8.04. The topological polar surface area (TPSA) is 23.5 Å². The van der Waals surface area contributed by atoms with Gasteiger partial charge in [0.15, 0.2) is 0 Å². The van der Waals surface area contributed by atoms with E-state index < -0.39 is 0 Å². The summed E-state index contributed by atoms with van der Waals surface area (Å²) in [5, 5.41) is 10.1. The lowest BCUT2D eigenvalue weighted by molar-refractivity contribution is 0.0595. The molecule has 0 heterocycles. The second kappa shape index (κ2) is 8.08. The highest BCUT2D eigenvalue weighted by molar-refractivity contribution is 4.71. The van der Waals surface area contributed by atoms with E-state index in [2.05, 4.69) is 46.4 Å². The van der Waals surface area contributed by atoms with E-state index in [9.17, 15) is 5.11 Å². The van der Waals surface area contributed by atoms with Crippen molar-refractivity contribution in [1.82, 2.24) is 4.90 Å². The lowest BCUT2D eigenvalue weighted by Crippen LogP contribution is -2.39. The molecule has 0 saturated heterocycles. The van der Waals surface area contributed by atoms with Crippen LogP contribution in [0.5, 0.6) is 0 Å². The predicted molar refractivity (Wildman–Crippen MR) is 71.6 cm³/mol. The predicted octanol–water partition coefficient (Wildman–Crippen LogP) is 3.01. The molecule has 0 fully saturated rings. The molecule has 0 bridgehead atoms. The molecule has 0 saturated carbocycles. The van der Waals surface area contributed by atoms with Gasteiger partial charge in [-0.3, -0.25) is 0 Å². The average molecular weight is 229 g/mol. The molecule has 2 nitrogen and oxygen atoms in total. The van der Waals surface area contributed by atoms with Crippen LogP contribution in [0.25, 0.3) is 0 Å². The Labute approximate surface area is 102 Å². The van der Waals surface area contributed by atoms with Crippen molar-refractivity contribution < 1.29 is 5.11 Å². The molecule has 0 aliphatic heterocycles. The van der Waals surface area contributed by atoms with Crippen LogP contribution in [0.4, 0.5) is 0 Å². The maximum absolute atomic E-state index is 10.1. The van der Waals surface area contributed by atoms with E-state index in [4.69, 9.17) is 0 Å². The number of hydrogen-bond acceptors (Lipinski definition) is 2. The van der Waals surface area contributed by atoms with Crippen LogP contribution in [0.2, 0.25) is 0 Å². The molecule has 0 aromatic carbocycles. The van der Waals surface area contributed by atoms with Crippen LogP contribution in [0.3, 0.4) is 0 Å². The van der Waals surface area contributed by atoms with Crippen molar-refractivity contribution in [2.45, 2.75) is 54.1 Å². The summed E-state index contributed by atoms with van der Waals surface area (Å²) in [6.45, 7) is 16.2. The summed E-state index contributed by atoms with van der Waals surface area (Å²) < 4.78 is 0. The van der Waals surface area contributed by atoms with E-state index in [0.717, 1.165) is 26.1 Å². The Bertz CT molecular complexity index is 158. The summed E-state index contributed by atoms with van der Waals surface area (Å²) in [4.78, 5) is 2.41. The van der Waals surface area contributed by atoms with Gasteiger partial charge in [-0.15, -0.1) is 0 Å². The zero-order valence-corrected chi connectivity index (χ0v) is 12.0. The van der Waals surface area contributed by atoms with E-state index in [1.54, 1.807) is 0 Å². The summed E-state index contributed by atoms with van der Waals surface area (Å²) >= 11 is 0. The molecule has 1 N–H and O–H groups in total. The van der Waals surface area contributed by atoms with E-state index in [-0.39, 0.29) is 6.10 Å². The third-order valence-electron chi connectivity index (χ3n) is 2.99. The van der Waals surface area contributed by atoms with E-state index in [0.29, 0.717) is 17.8 Å². The first-order chi connectivity index (χ1) is 7.36. The van der Waals surface area contributed by atoms with E-state index in [1.165, 1.54) is 0 Å². The minimum absolute atomic E-state index is 0.178. The zero-order valence-electron chi connectivity index (χ0n) is 12.0. The Morgan fingerprint density at radius 1 is 0.875 bits per heavy atom.